The number of hydrogen-bond donors (Lipinski definition) is 4. The summed E-state index contributed by atoms with van der Waals surface area (Å²) in [7, 11) is 0. The fourth-order valence-electron chi connectivity index (χ4n) is 4.20. The maximum atomic E-state index is 14.9. The smallest absolute Gasteiger partial charge is 0.251 e. The van der Waals surface area contributed by atoms with Gasteiger partial charge in [0.25, 0.3) is 5.91 Å². The van der Waals surface area contributed by atoms with Crippen molar-refractivity contribution >= 4 is 23.1 Å². The maximum absolute atomic E-state index is 14.9. The van der Waals surface area contributed by atoms with E-state index in [1.165, 1.54) is 24.5 Å². The van der Waals surface area contributed by atoms with Crippen LogP contribution in [0, 0.1) is 24.0 Å². The topological polar surface area (TPSA) is 113 Å². The molecule has 0 aliphatic heterocycles. The molecule has 9 nitrogen and oxygen atoms in total. The number of imidazole rings is 1. The third-order valence-corrected chi connectivity index (χ3v) is 6.16. The van der Waals surface area contributed by atoms with Crippen LogP contribution in [0.5, 0.6) is 5.75 Å². The van der Waals surface area contributed by atoms with Gasteiger partial charge in [-0.25, -0.2) is 14.4 Å². The summed E-state index contributed by atoms with van der Waals surface area (Å²) in [4.78, 5) is 21.5. The van der Waals surface area contributed by atoms with Crippen molar-refractivity contribution in [1.29, 1.82) is 0 Å². The van der Waals surface area contributed by atoms with Crippen LogP contribution < -0.4 is 20.7 Å². The van der Waals surface area contributed by atoms with Gasteiger partial charge in [0.05, 0.1) is 18.5 Å². The normalized spacial score (nSPS) is 10.9. The molecule has 4 N–H and O–H groups in total. The molecule has 11 heteroatoms. The number of fused-ring (bicyclic) bond motifs is 1. The lowest BCUT2D eigenvalue weighted by Crippen LogP contribution is -2.28. The number of hydrogen-bond acceptors (Lipinski definition) is 7. The van der Waals surface area contributed by atoms with Crippen molar-refractivity contribution in [2.24, 2.45) is 0 Å². The molecule has 0 aliphatic rings. The number of carbonyl (C=O) groups is 1. The summed E-state index contributed by atoms with van der Waals surface area (Å²) in [6.45, 7) is 3.60. The number of aromatic nitrogens is 3. The van der Waals surface area contributed by atoms with E-state index in [9.17, 15) is 13.6 Å². The fraction of sp³-hybridized carbons (Fsp3) is 0.276. The van der Waals surface area contributed by atoms with Gasteiger partial charge in [0.15, 0.2) is 23.0 Å². The number of benzene rings is 2. The second-order valence-electron chi connectivity index (χ2n) is 8.78. The number of nitrogens with zero attached hydrogens (tertiary/aromatic N) is 3. The minimum absolute atomic E-state index is 0.00280. The van der Waals surface area contributed by atoms with Crippen molar-refractivity contribution in [2.75, 3.05) is 38.2 Å². The summed E-state index contributed by atoms with van der Waals surface area (Å²) >= 11 is 0. The van der Waals surface area contributed by atoms with Gasteiger partial charge in [-0.15, -0.1) is 6.42 Å². The molecular weight excluding hydrogens is 518 g/mol. The van der Waals surface area contributed by atoms with Crippen LogP contribution in [-0.2, 0) is 6.42 Å². The molecule has 40 heavy (non-hydrogen) atoms. The highest BCUT2D eigenvalue weighted by molar-refractivity contribution is 5.96. The van der Waals surface area contributed by atoms with E-state index in [1.54, 1.807) is 22.7 Å². The van der Waals surface area contributed by atoms with E-state index in [-0.39, 0.29) is 30.4 Å². The molecule has 0 fully saturated rings. The Labute approximate surface area is 230 Å². The van der Waals surface area contributed by atoms with Crippen LogP contribution in [0.2, 0.25) is 0 Å². The Morgan fingerprint density at radius 2 is 2.00 bits per heavy atom. The molecule has 0 atom stereocenters. The van der Waals surface area contributed by atoms with E-state index in [0.717, 1.165) is 12.0 Å². The van der Waals surface area contributed by atoms with Crippen LogP contribution >= 0.6 is 0 Å². The lowest BCUT2D eigenvalue weighted by Gasteiger charge is -2.13. The van der Waals surface area contributed by atoms with Crippen molar-refractivity contribution in [2.45, 2.75) is 19.8 Å². The van der Waals surface area contributed by atoms with Crippen LogP contribution in [0.1, 0.15) is 29.3 Å². The van der Waals surface area contributed by atoms with Gasteiger partial charge in [0.2, 0.25) is 5.82 Å². The molecule has 2 aromatic carbocycles. The Bertz CT molecular complexity index is 1530. The molecule has 2 aromatic heterocycles. The zero-order valence-corrected chi connectivity index (χ0v) is 22.0. The van der Waals surface area contributed by atoms with Gasteiger partial charge >= 0.3 is 0 Å². The number of amides is 1. The molecule has 0 unspecified atom stereocenters. The van der Waals surface area contributed by atoms with E-state index in [0.29, 0.717) is 54.5 Å². The first-order chi connectivity index (χ1) is 19.5. The molecule has 0 bridgehead atoms. The highest BCUT2D eigenvalue weighted by atomic mass is 19.2. The predicted molar refractivity (Wildman–Crippen MR) is 149 cm³/mol. The van der Waals surface area contributed by atoms with Crippen LogP contribution in [0.15, 0.2) is 48.9 Å². The Balaban J connectivity index is 1.53. The first kappa shape index (κ1) is 28.5. The maximum Gasteiger partial charge on any atom is 0.251 e. The van der Waals surface area contributed by atoms with E-state index in [1.807, 2.05) is 13.0 Å². The van der Waals surface area contributed by atoms with Gasteiger partial charge in [0.1, 0.15) is 6.61 Å². The largest absolute Gasteiger partial charge is 0.478 e. The van der Waals surface area contributed by atoms with Gasteiger partial charge in [-0.3, -0.25) is 9.20 Å². The number of carbonyl (C=O) groups excluding carboxylic acids is 1. The zero-order chi connectivity index (χ0) is 28.5. The number of ether oxygens (including phenoxy) is 1. The molecule has 4 rings (SSSR count). The van der Waals surface area contributed by atoms with E-state index in [4.69, 9.17) is 16.3 Å². The fourth-order valence-corrected chi connectivity index (χ4v) is 4.20. The predicted octanol–water partition coefficient (Wildman–Crippen LogP) is 3.69. The molecule has 0 aliphatic carbocycles. The number of rotatable bonds is 13. The Morgan fingerprint density at radius 3 is 2.77 bits per heavy atom. The number of aliphatic hydroxyl groups is 1. The monoisotopic (exact) mass is 548 g/mol. The van der Waals surface area contributed by atoms with Gasteiger partial charge in [-0.2, -0.15) is 4.39 Å². The van der Waals surface area contributed by atoms with Crippen molar-refractivity contribution < 1.29 is 23.4 Å². The zero-order valence-electron chi connectivity index (χ0n) is 22.0. The van der Waals surface area contributed by atoms with Gasteiger partial charge < -0.3 is 25.8 Å². The Hall–Kier alpha value is -4.53. The molecule has 4 aromatic rings. The quantitative estimate of drug-likeness (QED) is 0.149. The average Bonchev–Trinajstić information content (AvgIpc) is 3.40. The minimum Gasteiger partial charge on any atom is -0.478 e. The first-order valence-corrected chi connectivity index (χ1v) is 12.8. The Morgan fingerprint density at radius 1 is 1.15 bits per heavy atom. The van der Waals surface area contributed by atoms with Crippen molar-refractivity contribution in [1.82, 2.24) is 25.0 Å². The molecule has 0 spiro atoms. The summed E-state index contributed by atoms with van der Waals surface area (Å²) in [5.41, 5.74) is 2.86. The van der Waals surface area contributed by atoms with Crippen LogP contribution in [0.3, 0.4) is 0 Å². The number of nitrogens with one attached hydrogen (secondary N) is 3. The van der Waals surface area contributed by atoms with Crippen LogP contribution in [-0.4, -0.2) is 58.2 Å². The van der Waals surface area contributed by atoms with Crippen molar-refractivity contribution in [3.63, 3.8) is 0 Å². The Kier molecular flexibility index (Phi) is 9.62. The highest BCUT2D eigenvalue weighted by Crippen LogP contribution is 2.32. The van der Waals surface area contributed by atoms with E-state index in [2.05, 4.69) is 31.8 Å². The lowest BCUT2D eigenvalue weighted by atomic mass is 10.0. The molecule has 0 radical (unpaired) electrons. The van der Waals surface area contributed by atoms with Crippen LogP contribution in [0.25, 0.3) is 16.9 Å². The second kappa shape index (κ2) is 13.5. The summed E-state index contributed by atoms with van der Waals surface area (Å²) in [6, 6.07) is 8.12. The molecule has 1 amide bonds. The summed E-state index contributed by atoms with van der Waals surface area (Å²) < 4.78 is 36.2. The SMILES string of the molecule is C#CCOc1ccc(-c2cnc3c(Nc4ccc(C(=O)NCCCNCCO)c(CC)c4)nccn23)c(F)c1F. The summed E-state index contributed by atoms with van der Waals surface area (Å²) in [5.74, 6) is -0.0189. The van der Waals surface area contributed by atoms with E-state index >= 15 is 0 Å². The molecule has 0 saturated heterocycles. The number of halogens is 2. The van der Waals surface area contributed by atoms with Crippen molar-refractivity contribution in [3.8, 4) is 29.4 Å². The summed E-state index contributed by atoms with van der Waals surface area (Å²) in [6.07, 6.45) is 11.1. The molecule has 208 valence electrons. The average molecular weight is 549 g/mol. The lowest BCUT2D eigenvalue weighted by molar-refractivity contribution is 0.0952. The summed E-state index contributed by atoms with van der Waals surface area (Å²) in [5, 5.41) is 18.0. The van der Waals surface area contributed by atoms with Crippen molar-refractivity contribution in [3.05, 3.63) is 71.7 Å². The number of aliphatic hydroxyl groups excluding tert-OH is 1. The van der Waals surface area contributed by atoms with E-state index < -0.39 is 11.6 Å². The second-order valence-corrected chi connectivity index (χ2v) is 8.78. The third kappa shape index (κ3) is 6.36. The molecule has 0 saturated carbocycles. The van der Waals surface area contributed by atoms with Crippen LogP contribution in [0.4, 0.5) is 20.3 Å². The van der Waals surface area contributed by atoms with Gasteiger partial charge in [0, 0.05) is 42.3 Å². The van der Waals surface area contributed by atoms with Gasteiger partial charge in [-0.1, -0.05) is 12.8 Å². The number of aryl methyl sites for hydroxylation is 1. The molecule has 2 heterocycles. The molecular formula is C29H30F2N6O3. The standard InChI is InChI=1S/C29H30F2N6O3/c1-3-16-40-24-9-8-22(25(30)26(24)31)23-18-35-28-27(33-12-14-37(23)28)36-20-6-7-21(19(4-2)17-20)29(39)34-11-5-10-32-13-15-38/h1,6-9,12,14,17-18,32,38H,4-5,10-11,13,15-16H2,2H3,(H,33,36)(H,34,39). The minimum atomic E-state index is -1.13. The third-order valence-electron chi connectivity index (χ3n) is 6.16. The van der Waals surface area contributed by atoms with Gasteiger partial charge in [-0.05, 0) is 55.3 Å². The first-order valence-electron chi connectivity index (χ1n) is 12.8. The number of terminal acetylenes is 1. The highest BCUT2D eigenvalue weighted by Gasteiger charge is 2.20. The number of anilines is 2.